The molecule has 0 amide bonds. The van der Waals surface area contributed by atoms with Gasteiger partial charge in [0.1, 0.15) is 5.82 Å². The Hall–Kier alpha value is -3.03. The van der Waals surface area contributed by atoms with Gasteiger partial charge in [-0.15, -0.1) is 0 Å². The molecule has 1 aliphatic rings. The van der Waals surface area contributed by atoms with Crippen LogP contribution in [0.4, 0.5) is 11.8 Å². The Bertz CT molecular complexity index is 887. The molecule has 4 heterocycles. The molecule has 4 rings (SSSR count). The second-order valence-corrected chi connectivity index (χ2v) is 6.31. The summed E-state index contributed by atoms with van der Waals surface area (Å²) >= 11 is 0. The van der Waals surface area contributed by atoms with Crippen LogP contribution >= 0.6 is 0 Å². The Balaban J connectivity index is 1.75. The third-order valence-electron chi connectivity index (χ3n) is 4.26. The van der Waals surface area contributed by atoms with Crippen LogP contribution in [0.25, 0.3) is 11.4 Å². The Morgan fingerprint density at radius 3 is 2.60 bits per heavy atom. The Labute approximate surface area is 146 Å². The van der Waals surface area contributed by atoms with Crippen LogP contribution < -0.4 is 9.80 Å². The maximum absolute atomic E-state index is 4.81. The zero-order chi connectivity index (χ0) is 17.4. The van der Waals surface area contributed by atoms with Gasteiger partial charge < -0.3 is 9.80 Å². The van der Waals surface area contributed by atoms with Crippen LogP contribution in [0.2, 0.25) is 0 Å². The quantitative estimate of drug-likeness (QED) is 0.713. The molecule has 8 heteroatoms. The lowest BCUT2D eigenvalue weighted by atomic mass is 10.1. The van der Waals surface area contributed by atoms with E-state index in [1.54, 1.807) is 23.3 Å². The van der Waals surface area contributed by atoms with Crippen LogP contribution in [-0.4, -0.2) is 50.4 Å². The number of hydrogen-bond acceptors (Lipinski definition) is 7. The molecule has 0 atom stereocenters. The lowest BCUT2D eigenvalue weighted by Crippen LogP contribution is -2.34. The van der Waals surface area contributed by atoms with Crippen molar-refractivity contribution < 1.29 is 0 Å². The molecule has 0 fully saturated rings. The average molecular weight is 336 g/mol. The van der Waals surface area contributed by atoms with E-state index in [1.807, 2.05) is 38.3 Å². The number of hydrogen-bond donors (Lipinski definition) is 0. The van der Waals surface area contributed by atoms with E-state index in [0.717, 1.165) is 47.4 Å². The molecule has 0 spiro atoms. The molecule has 0 aromatic carbocycles. The summed E-state index contributed by atoms with van der Waals surface area (Å²) in [5, 5.41) is 4.23. The first-order valence-electron chi connectivity index (χ1n) is 8.20. The van der Waals surface area contributed by atoms with E-state index in [2.05, 4.69) is 20.0 Å². The number of anilines is 2. The van der Waals surface area contributed by atoms with Gasteiger partial charge in [-0.2, -0.15) is 5.10 Å². The predicted molar refractivity (Wildman–Crippen MR) is 95.3 cm³/mol. The molecule has 3 aromatic rings. The van der Waals surface area contributed by atoms with Gasteiger partial charge in [0, 0.05) is 58.3 Å². The van der Waals surface area contributed by atoms with Crippen molar-refractivity contribution in [3.05, 3.63) is 42.1 Å². The van der Waals surface area contributed by atoms with Crippen LogP contribution in [-0.2, 0) is 20.0 Å². The van der Waals surface area contributed by atoms with E-state index < -0.39 is 0 Å². The summed E-state index contributed by atoms with van der Waals surface area (Å²) in [6.45, 7) is 1.55. The number of rotatable bonds is 3. The summed E-state index contributed by atoms with van der Waals surface area (Å²) in [5.41, 5.74) is 3.16. The highest BCUT2D eigenvalue weighted by Gasteiger charge is 2.25. The Morgan fingerprint density at radius 2 is 1.92 bits per heavy atom. The van der Waals surface area contributed by atoms with Gasteiger partial charge >= 0.3 is 0 Å². The largest absolute Gasteiger partial charge is 0.362 e. The molecule has 0 radical (unpaired) electrons. The van der Waals surface area contributed by atoms with E-state index in [4.69, 9.17) is 9.97 Å². The van der Waals surface area contributed by atoms with E-state index in [1.165, 1.54) is 0 Å². The molecular formula is C17H20N8. The molecule has 3 aromatic heterocycles. The van der Waals surface area contributed by atoms with Crippen LogP contribution in [0, 0.1) is 0 Å². The highest BCUT2D eigenvalue weighted by atomic mass is 15.3. The molecule has 0 unspecified atom stereocenters. The van der Waals surface area contributed by atoms with Crippen molar-refractivity contribution in [1.82, 2.24) is 29.7 Å². The lowest BCUT2D eigenvalue weighted by molar-refractivity contribution is 0.685. The first-order chi connectivity index (χ1) is 12.1. The summed E-state index contributed by atoms with van der Waals surface area (Å²) in [4.78, 5) is 22.5. The molecule has 0 bridgehead atoms. The molecule has 0 N–H and O–H groups in total. The standard InChI is InChI=1S/C17H20N8/c1-23(2)16-13-11-25(17-18-6-4-7-19-17)8-5-14(13)21-15(22-16)12-9-20-24(3)10-12/h4,6-7,9-10H,5,8,11H2,1-3H3. The molecule has 25 heavy (non-hydrogen) atoms. The smallest absolute Gasteiger partial charge is 0.225 e. The van der Waals surface area contributed by atoms with Gasteiger partial charge in [0.05, 0.1) is 24.0 Å². The average Bonchev–Trinajstić information content (AvgIpc) is 3.07. The maximum atomic E-state index is 4.81. The first-order valence-corrected chi connectivity index (χ1v) is 8.20. The van der Waals surface area contributed by atoms with Crippen LogP contribution in [0.3, 0.4) is 0 Å². The van der Waals surface area contributed by atoms with Gasteiger partial charge in [-0.1, -0.05) is 0 Å². The summed E-state index contributed by atoms with van der Waals surface area (Å²) in [7, 11) is 5.91. The fraction of sp³-hybridized carbons (Fsp3) is 0.353. The van der Waals surface area contributed by atoms with Crippen molar-refractivity contribution in [2.75, 3.05) is 30.4 Å². The third-order valence-corrected chi connectivity index (χ3v) is 4.26. The number of fused-ring (bicyclic) bond motifs is 1. The van der Waals surface area contributed by atoms with Gasteiger partial charge in [-0.05, 0) is 6.07 Å². The summed E-state index contributed by atoms with van der Waals surface area (Å²) < 4.78 is 1.77. The highest BCUT2D eigenvalue weighted by Crippen LogP contribution is 2.29. The minimum absolute atomic E-state index is 0.709. The molecule has 8 nitrogen and oxygen atoms in total. The minimum atomic E-state index is 0.709. The van der Waals surface area contributed by atoms with Crippen molar-refractivity contribution in [2.45, 2.75) is 13.0 Å². The zero-order valence-corrected chi connectivity index (χ0v) is 14.6. The van der Waals surface area contributed by atoms with Crippen LogP contribution in [0.1, 0.15) is 11.3 Å². The minimum Gasteiger partial charge on any atom is -0.362 e. The fourth-order valence-electron chi connectivity index (χ4n) is 3.06. The highest BCUT2D eigenvalue weighted by molar-refractivity contribution is 5.60. The van der Waals surface area contributed by atoms with Gasteiger partial charge in [-0.25, -0.2) is 19.9 Å². The van der Waals surface area contributed by atoms with E-state index in [-0.39, 0.29) is 0 Å². The third kappa shape index (κ3) is 2.90. The summed E-state index contributed by atoms with van der Waals surface area (Å²) in [6, 6.07) is 1.83. The van der Waals surface area contributed by atoms with Crippen molar-refractivity contribution in [3.8, 4) is 11.4 Å². The normalized spacial score (nSPS) is 13.6. The first kappa shape index (κ1) is 15.5. The molecule has 1 aliphatic heterocycles. The van der Waals surface area contributed by atoms with Crippen LogP contribution in [0.15, 0.2) is 30.9 Å². The van der Waals surface area contributed by atoms with Gasteiger partial charge in [0.2, 0.25) is 5.95 Å². The van der Waals surface area contributed by atoms with E-state index in [9.17, 15) is 0 Å². The lowest BCUT2D eigenvalue weighted by Gasteiger charge is -2.30. The fourth-order valence-corrected chi connectivity index (χ4v) is 3.06. The van der Waals surface area contributed by atoms with Crippen molar-refractivity contribution in [3.63, 3.8) is 0 Å². The van der Waals surface area contributed by atoms with Gasteiger partial charge in [0.25, 0.3) is 0 Å². The Kier molecular flexibility index (Phi) is 3.79. The van der Waals surface area contributed by atoms with Gasteiger partial charge in [0.15, 0.2) is 5.82 Å². The topological polar surface area (TPSA) is 75.9 Å². The number of aryl methyl sites for hydroxylation is 1. The van der Waals surface area contributed by atoms with Crippen molar-refractivity contribution in [2.24, 2.45) is 7.05 Å². The van der Waals surface area contributed by atoms with Crippen molar-refractivity contribution >= 4 is 11.8 Å². The summed E-state index contributed by atoms with van der Waals surface area (Å²) in [5.74, 6) is 2.40. The number of aromatic nitrogens is 6. The molecular weight excluding hydrogens is 316 g/mol. The van der Waals surface area contributed by atoms with Gasteiger partial charge in [-0.3, -0.25) is 4.68 Å². The monoisotopic (exact) mass is 336 g/mol. The molecule has 0 saturated carbocycles. The molecule has 0 aliphatic carbocycles. The number of nitrogens with zero attached hydrogens (tertiary/aromatic N) is 8. The SMILES string of the molecule is CN(C)c1nc(-c2cnn(C)c2)nc2c1CN(c1ncccn1)CC2. The van der Waals surface area contributed by atoms with E-state index >= 15 is 0 Å². The second kappa shape index (κ2) is 6.12. The van der Waals surface area contributed by atoms with E-state index in [0.29, 0.717) is 6.54 Å². The van der Waals surface area contributed by atoms with Crippen molar-refractivity contribution in [1.29, 1.82) is 0 Å². The second-order valence-electron chi connectivity index (χ2n) is 6.31. The maximum Gasteiger partial charge on any atom is 0.225 e. The summed E-state index contributed by atoms with van der Waals surface area (Å²) in [6.07, 6.45) is 8.12. The zero-order valence-electron chi connectivity index (χ0n) is 14.6. The Morgan fingerprint density at radius 1 is 1.12 bits per heavy atom. The molecule has 0 saturated heterocycles. The van der Waals surface area contributed by atoms with Crippen LogP contribution in [0.5, 0.6) is 0 Å². The predicted octanol–water partition coefficient (Wildman–Crippen LogP) is 1.30. The molecule has 128 valence electrons.